The lowest BCUT2D eigenvalue weighted by Gasteiger charge is -2.37. The number of halogens is 1. The van der Waals surface area contributed by atoms with Crippen molar-refractivity contribution in [3.8, 4) is 0 Å². The Labute approximate surface area is 186 Å². The Morgan fingerprint density at radius 2 is 2.00 bits per heavy atom. The molecule has 2 fully saturated rings. The van der Waals surface area contributed by atoms with Crippen LogP contribution in [0.15, 0.2) is 34.9 Å². The first-order chi connectivity index (χ1) is 14.4. The first-order valence-electron chi connectivity index (χ1n) is 10.5. The van der Waals surface area contributed by atoms with Crippen LogP contribution < -0.4 is 5.32 Å². The fraction of sp³-hybridized carbons (Fsp3) is 0.500. The average Bonchev–Trinajstić information content (AvgIpc) is 3.47. The van der Waals surface area contributed by atoms with Crippen molar-refractivity contribution in [3.05, 3.63) is 62.9 Å². The maximum Gasteiger partial charge on any atom is 0.269 e. The van der Waals surface area contributed by atoms with E-state index in [0.29, 0.717) is 24.3 Å². The molecule has 30 heavy (non-hydrogen) atoms. The highest BCUT2D eigenvalue weighted by atomic mass is 79.9. The average molecular weight is 473 g/mol. The van der Waals surface area contributed by atoms with Crippen LogP contribution in [0.1, 0.15) is 51.5 Å². The zero-order valence-electron chi connectivity index (χ0n) is 17.9. The molecule has 5 atom stereocenters. The first-order valence-corrected chi connectivity index (χ1v) is 11.3. The number of epoxide rings is 1. The van der Waals surface area contributed by atoms with Crippen molar-refractivity contribution in [2.45, 2.75) is 57.8 Å². The predicted octanol–water partition coefficient (Wildman–Crippen LogP) is 4.48. The van der Waals surface area contributed by atoms with Crippen LogP contribution in [0.5, 0.6) is 0 Å². The minimum absolute atomic E-state index is 0.0802. The molecule has 2 heterocycles. The van der Waals surface area contributed by atoms with E-state index in [1.54, 1.807) is 19.4 Å². The van der Waals surface area contributed by atoms with E-state index in [4.69, 9.17) is 9.47 Å². The summed E-state index contributed by atoms with van der Waals surface area (Å²) in [6.45, 7) is 7.11. The molecule has 5 unspecified atom stereocenters. The lowest BCUT2D eigenvalue weighted by atomic mass is 9.72. The Kier molecular flexibility index (Phi) is 6.28. The molecule has 1 aliphatic carbocycles. The molecule has 2 aromatic rings. The maximum absolute atomic E-state index is 12.4. The minimum Gasteiger partial charge on any atom is -0.380 e. The number of methoxy groups -OCH3 is 1. The molecule has 1 amide bonds. The highest BCUT2D eigenvalue weighted by Crippen LogP contribution is 2.51. The minimum atomic E-state index is -0.144. The number of aryl methyl sites for hydroxylation is 3. The molecule has 1 N–H and O–H groups in total. The number of hydrogen-bond donors (Lipinski definition) is 1. The number of nitrogens with zero attached hydrogens (tertiary/aromatic N) is 1. The number of amides is 1. The zero-order chi connectivity index (χ0) is 21.4. The van der Waals surface area contributed by atoms with Gasteiger partial charge in [-0.1, -0.05) is 17.7 Å². The number of carbonyl (C=O) groups is 1. The summed E-state index contributed by atoms with van der Waals surface area (Å²) in [6, 6.07) is 8.05. The van der Waals surface area contributed by atoms with Gasteiger partial charge >= 0.3 is 0 Å². The van der Waals surface area contributed by atoms with Gasteiger partial charge in [0.25, 0.3) is 5.91 Å². The first kappa shape index (κ1) is 21.5. The Morgan fingerprint density at radius 3 is 2.63 bits per heavy atom. The van der Waals surface area contributed by atoms with Crippen LogP contribution in [0.25, 0.3) is 0 Å². The zero-order valence-corrected chi connectivity index (χ0v) is 19.5. The third-order valence-electron chi connectivity index (χ3n) is 6.43. The number of rotatable bonds is 6. The van der Waals surface area contributed by atoms with Gasteiger partial charge < -0.3 is 14.8 Å². The van der Waals surface area contributed by atoms with Gasteiger partial charge in [-0.25, -0.2) is 4.98 Å². The van der Waals surface area contributed by atoms with Crippen LogP contribution in [0.4, 0.5) is 0 Å². The van der Waals surface area contributed by atoms with Crippen LogP contribution in [0.3, 0.4) is 0 Å². The van der Waals surface area contributed by atoms with Crippen molar-refractivity contribution in [3.63, 3.8) is 0 Å². The molecule has 5 nitrogen and oxygen atoms in total. The van der Waals surface area contributed by atoms with E-state index in [-0.39, 0.29) is 24.0 Å². The van der Waals surface area contributed by atoms with E-state index in [1.165, 1.54) is 22.3 Å². The summed E-state index contributed by atoms with van der Waals surface area (Å²) < 4.78 is 13.0. The fourth-order valence-corrected chi connectivity index (χ4v) is 5.45. The summed E-state index contributed by atoms with van der Waals surface area (Å²) in [5, 5.41) is 3.01. The molecule has 1 saturated heterocycles. The Balaban J connectivity index is 1.45. The van der Waals surface area contributed by atoms with E-state index in [2.05, 4.69) is 59.1 Å². The number of nitrogens with one attached hydrogen (secondary N) is 1. The van der Waals surface area contributed by atoms with Crippen molar-refractivity contribution >= 4 is 21.8 Å². The number of aromatic nitrogens is 1. The van der Waals surface area contributed by atoms with E-state index in [0.717, 1.165) is 17.3 Å². The summed E-state index contributed by atoms with van der Waals surface area (Å²) >= 11 is 3.34. The number of fused-ring (bicyclic) bond motifs is 1. The van der Waals surface area contributed by atoms with E-state index >= 15 is 0 Å². The van der Waals surface area contributed by atoms with Crippen molar-refractivity contribution in [1.82, 2.24) is 10.3 Å². The summed E-state index contributed by atoms with van der Waals surface area (Å²) in [5.41, 5.74) is 5.70. The van der Waals surface area contributed by atoms with Crippen LogP contribution in [0, 0.1) is 26.7 Å². The van der Waals surface area contributed by atoms with Gasteiger partial charge in [0.05, 0.1) is 18.3 Å². The standard InChI is InChI=1S/C24H29BrN2O3/c1-13-9-14(2)20(15(3)10-13)21-22(29-4)16(11-19-23(21)30-19)7-8-26-24(28)18-6-5-17(25)12-27-18/h5-6,9-10,12,16,19,21-23H,7-8,11H2,1-4H3,(H,26,28). The molecule has 160 valence electrons. The largest absolute Gasteiger partial charge is 0.380 e. The second-order valence-corrected chi connectivity index (χ2v) is 9.50. The number of carbonyl (C=O) groups excluding carboxylic acids is 1. The monoisotopic (exact) mass is 472 g/mol. The Bertz CT molecular complexity index is 908. The normalized spacial score (nSPS) is 27.4. The highest BCUT2D eigenvalue weighted by molar-refractivity contribution is 9.10. The van der Waals surface area contributed by atoms with Gasteiger partial charge in [0.2, 0.25) is 0 Å². The van der Waals surface area contributed by atoms with Crippen LogP contribution in [-0.4, -0.2) is 42.9 Å². The van der Waals surface area contributed by atoms with Crippen molar-refractivity contribution in [2.24, 2.45) is 5.92 Å². The van der Waals surface area contributed by atoms with Crippen molar-refractivity contribution in [2.75, 3.05) is 13.7 Å². The summed E-state index contributed by atoms with van der Waals surface area (Å²) in [4.78, 5) is 16.6. The fourth-order valence-electron chi connectivity index (χ4n) is 5.21. The third-order valence-corrected chi connectivity index (χ3v) is 6.90. The van der Waals surface area contributed by atoms with Crippen LogP contribution in [0.2, 0.25) is 0 Å². The second-order valence-electron chi connectivity index (χ2n) is 8.58. The predicted molar refractivity (Wildman–Crippen MR) is 120 cm³/mol. The van der Waals surface area contributed by atoms with Gasteiger partial charge in [0.15, 0.2) is 0 Å². The lowest BCUT2D eigenvalue weighted by molar-refractivity contribution is 0.0114. The summed E-state index contributed by atoms with van der Waals surface area (Å²) in [7, 11) is 1.80. The number of ether oxygens (including phenoxy) is 2. The Hall–Kier alpha value is -1.76. The molecule has 1 aromatic carbocycles. The van der Waals surface area contributed by atoms with Crippen molar-refractivity contribution < 1.29 is 14.3 Å². The van der Waals surface area contributed by atoms with Crippen LogP contribution in [-0.2, 0) is 9.47 Å². The molecule has 4 rings (SSSR count). The second kappa shape index (κ2) is 8.77. The van der Waals surface area contributed by atoms with Gasteiger partial charge in [0.1, 0.15) is 5.69 Å². The molecule has 0 radical (unpaired) electrons. The van der Waals surface area contributed by atoms with E-state index in [1.807, 2.05) is 6.07 Å². The molecule has 6 heteroatoms. The number of benzene rings is 1. The molecule has 0 spiro atoms. The summed E-state index contributed by atoms with van der Waals surface area (Å²) in [5.74, 6) is 0.430. The quantitative estimate of drug-likeness (QED) is 0.629. The van der Waals surface area contributed by atoms with Gasteiger partial charge in [-0.3, -0.25) is 4.79 Å². The third kappa shape index (κ3) is 4.32. The molecule has 0 bridgehead atoms. The molecule has 1 saturated carbocycles. The number of hydrogen-bond acceptors (Lipinski definition) is 4. The van der Waals surface area contributed by atoms with Gasteiger partial charge in [-0.05, 0) is 84.3 Å². The van der Waals surface area contributed by atoms with Gasteiger partial charge in [0, 0.05) is 30.2 Å². The Morgan fingerprint density at radius 1 is 1.27 bits per heavy atom. The van der Waals surface area contributed by atoms with Crippen LogP contribution >= 0.6 is 15.9 Å². The lowest BCUT2D eigenvalue weighted by Crippen LogP contribution is -2.40. The summed E-state index contributed by atoms with van der Waals surface area (Å²) in [6.07, 6.45) is 4.10. The van der Waals surface area contributed by atoms with Gasteiger partial charge in [-0.2, -0.15) is 0 Å². The molecular weight excluding hydrogens is 444 g/mol. The SMILES string of the molecule is COC1C(CCNC(=O)c2ccc(Br)cn2)CC2OC2C1c1c(C)cc(C)cc1C. The highest BCUT2D eigenvalue weighted by Gasteiger charge is 2.56. The molecule has 1 aromatic heterocycles. The molecule has 1 aliphatic heterocycles. The maximum atomic E-state index is 12.4. The smallest absolute Gasteiger partial charge is 0.269 e. The van der Waals surface area contributed by atoms with Crippen molar-refractivity contribution in [1.29, 1.82) is 0 Å². The van der Waals surface area contributed by atoms with E-state index in [9.17, 15) is 4.79 Å². The topological polar surface area (TPSA) is 63.8 Å². The van der Waals surface area contributed by atoms with E-state index < -0.39 is 0 Å². The van der Waals surface area contributed by atoms with Gasteiger partial charge in [-0.15, -0.1) is 0 Å². The number of pyridine rings is 1. The molecular formula is C24H29BrN2O3. The molecule has 2 aliphatic rings.